The summed E-state index contributed by atoms with van der Waals surface area (Å²) in [6.45, 7) is 4.10. The van der Waals surface area contributed by atoms with E-state index in [1.165, 1.54) is 0 Å². The van der Waals surface area contributed by atoms with Gasteiger partial charge < -0.3 is 4.98 Å². The van der Waals surface area contributed by atoms with Crippen LogP contribution in [-0.2, 0) is 6.42 Å². The maximum atomic E-state index is 4.56. The Morgan fingerprint density at radius 1 is 1.21 bits per heavy atom. The first-order valence-corrected chi connectivity index (χ1v) is 6.55. The van der Waals surface area contributed by atoms with Crippen molar-refractivity contribution >= 4 is 11.0 Å². The van der Waals surface area contributed by atoms with Gasteiger partial charge in [0.2, 0.25) is 0 Å². The first-order chi connectivity index (χ1) is 9.28. The molecule has 0 spiro atoms. The number of nitrogens with one attached hydrogen (secondary N) is 1. The molecule has 1 N–H and O–H groups in total. The van der Waals surface area contributed by atoms with E-state index in [-0.39, 0.29) is 0 Å². The number of aromatic amines is 1. The zero-order valence-corrected chi connectivity index (χ0v) is 11.1. The average molecular weight is 252 g/mol. The van der Waals surface area contributed by atoms with Crippen molar-refractivity contribution in [1.29, 1.82) is 0 Å². The summed E-state index contributed by atoms with van der Waals surface area (Å²) >= 11 is 0. The molecule has 0 radical (unpaired) electrons. The molecule has 4 nitrogen and oxygen atoms in total. The molecule has 0 aliphatic rings. The second-order valence-corrected chi connectivity index (χ2v) is 4.64. The fraction of sp³-hybridized carbons (Fsp3) is 0.267. The number of pyridine rings is 1. The predicted octanol–water partition coefficient (Wildman–Crippen LogP) is 3.28. The highest BCUT2D eigenvalue weighted by molar-refractivity contribution is 5.91. The van der Waals surface area contributed by atoms with Gasteiger partial charge in [0.1, 0.15) is 11.5 Å². The van der Waals surface area contributed by atoms with Crippen LogP contribution in [0.1, 0.15) is 24.9 Å². The summed E-state index contributed by atoms with van der Waals surface area (Å²) in [6, 6.07) is 6.13. The molecule has 3 heterocycles. The lowest BCUT2D eigenvalue weighted by molar-refractivity contribution is 0.858. The van der Waals surface area contributed by atoms with E-state index < -0.39 is 0 Å². The highest BCUT2D eigenvalue weighted by Crippen LogP contribution is 2.26. The number of aryl methyl sites for hydroxylation is 2. The fourth-order valence-electron chi connectivity index (χ4n) is 2.34. The monoisotopic (exact) mass is 252 g/mol. The summed E-state index contributed by atoms with van der Waals surface area (Å²) in [5.41, 5.74) is 4.08. The van der Waals surface area contributed by atoms with Crippen LogP contribution in [0.4, 0.5) is 0 Å². The average Bonchev–Trinajstić information content (AvgIpc) is 2.86. The third-order valence-corrected chi connectivity index (χ3v) is 3.13. The van der Waals surface area contributed by atoms with Gasteiger partial charge in [0.15, 0.2) is 0 Å². The van der Waals surface area contributed by atoms with Gasteiger partial charge in [-0.15, -0.1) is 0 Å². The number of rotatable bonds is 3. The number of hydrogen-bond acceptors (Lipinski definition) is 3. The Balaban J connectivity index is 2.18. The van der Waals surface area contributed by atoms with Crippen molar-refractivity contribution in [1.82, 2.24) is 19.9 Å². The lowest BCUT2D eigenvalue weighted by Gasteiger charge is -2.06. The maximum absolute atomic E-state index is 4.56. The van der Waals surface area contributed by atoms with E-state index in [9.17, 15) is 0 Å². The zero-order valence-electron chi connectivity index (χ0n) is 11.1. The van der Waals surface area contributed by atoms with Gasteiger partial charge in [-0.3, -0.25) is 0 Å². The summed E-state index contributed by atoms with van der Waals surface area (Å²) in [4.78, 5) is 16.5. The van der Waals surface area contributed by atoms with Crippen molar-refractivity contribution in [2.45, 2.75) is 26.7 Å². The molecule has 0 bridgehead atoms. The van der Waals surface area contributed by atoms with Crippen LogP contribution >= 0.6 is 0 Å². The van der Waals surface area contributed by atoms with Gasteiger partial charge in [-0.2, -0.15) is 0 Å². The van der Waals surface area contributed by atoms with E-state index in [4.69, 9.17) is 0 Å². The summed E-state index contributed by atoms with van der Waals surface area (Å²) < 4.78 is 0. The summed E-state index contributed by atoms with van der Waals surface area (Å²) in [5, 5.41) is 1.10. The van der Waals surface area contributed by atoms with Crippen LogP contribution in [0.2, 0.25) is 0 Å². The van der Waals surface area contributed by atoms with Crippen LogP contribution in [-0.4, -0.2) is 19.9 Å². The molecule has 0 atom stereocenters. The molecule has 0 saturated carbocycles. The first kappa shape index (κ1) is 11.8. The minimum absolute atomic E-state index is 0.821. The standard InChI is InChI=1S/C15H16N4/c1-3-4-11-9-14(19-10(2)18-11)12-5-7-16-15-13(12)6-8-17-15/h5-9H,3-4H2,1-2H3,(H,16,17). The summed E-state index contributed by atoms with van der Waals surface area (Å²) in [6.07, 6.45) is 5.79. The van der Waals surface area contributed by atoms with E-state index in [0.717, 1.165) is 46.7 Å². The van der Waals surface area contributed by atoms with Crippen LogP contribution in [0.15, 0.2) is 30.6 Å². The molecular formula is C15H16N4. The number of H-pyrrole nitrogens is 1. The van der Waals surface area contributed by atoms with Gasteiger partial charge in [0, 0.05) is 29.0 Å². The lowest BCUT2D eigenvalue weighted by atomic mass is 10.1. The van der Waals surface area contributed by atoms with Gasteiger partial charge in [-0.1, -0.05) is 13.3 Å². The van der Waals surface area contributed by atoms with E-state index in [1.807, 2.05) is 31.5 Å². The first-order valence-electron chi connectivity index (χ1n) is 6.55. The number of hydrogen-bond donors (Lipinski definition) is 1. The molecule has 19 heavy (non-hydrogen) atoms. The number of nitrogens with zero attached hydrogens (tertiary/aromatic N) is 3. The van der Waals surface area contributed by atoms with Crippen LogP contribution in [0.5, 0.6) is 0 Å². The minimum Gasteiger partial charge on any atom is -0.346 e. The van der Waals surface area contributed by atoms with Crippen molar-refractivity contribution in [3.05, 3.63) is 42.1 Å². The normalized spacial score (nSPS) is 11.1. The fourth-order valence-corrected chi connectivity index (χ4v) is 2.34. The molecule has 0 saturated heterocycles. The van der Waals surface area contributed by atoms with E-state index in [1.54, 1.807) is 0 Å². The zero-order chi connectivity index (χ0) is 13.2. The molecule has 0 amide bonds. The maximum Gasteiger partial charge on any atom is 0.137 e. The molecule has 0 aliphatic carbocycles. The van der Waals surface area contributed by atoms with Gasteiger partial charge in [-0.25, -0.2) is 15.0 Å². The van der Waals surface area contributed by atoms with E-state index >= 15 is 0 Å². The molecule has 0 aliphatic heterocycles. The Morgan fingerprint density at radius 3 is 2.95 bits per heavy atom. The van der Waals surface area contributed by atoms with E-state index in [2.05, 4.69) is 32.9 Å². The van der Waals surface area contributed by atoms with Gasteiger partial charge in [0.05, 0.1) is 5.69 Å². The van der Waals surface area contributed by atoms with Crippen LogP contribution < -0.4 is 0 Å². The van der Waals surface area contributed by atoms with Gasteiger partial charge >= 0.3 is 0 Å². The largest absolute Gasteiger partial charge is 0.346 e. The molecule has 0 aromatic carbocycles. The molecule has 3 aromatic heterocycles. The summed E-state index contributed by atoms with van der Waals surface area (Å²) in [7, 11) is 0. The molecule has 3 rings (SSSR count). The van der Waals surface area contributed by atoms with Crippen LogP contribution in [0, 0.1) is 6.92 Å². The molecule has 4 heteroatoms. The highest BCUT2D eigenvalue weighted by atomic mass is 14.9. The lowest BCUT2D eigenvalue weighted by Crippen LogP contribution is -1.98. The van der Waals surface area contributed by atoms with Crippen molar-refractivity contribution in [2.75, 3.05) is 0 Å². The Labute approximate surface area is 111 Å². The molecule has 3 aromatic rings. The third kappa shape index (κ3) is 2.21. The van der Waals surface area contributed by atoms with Crippen LogP contribution in [0.25, 0.3) is 22.3 Å². The topological polar surface area (TPSA) is 54.5 Å². The van der Waals surface area contributed by atoms with Gasteiger partial charge in [-0.05, 0) is 31.5 Å². The Morgan fingerprint density at radius 2 is 2.11 bits per heavy atom. The van der Waals surface area contributed by atoms with Crippen molar-refractivity contribution in [2.24, 2.45) is 0 Å². The smallest absolute Gasteiger partial charge is 0.137 e. The Hall–Kier alpha value is -2.23. The quantitative estimate of drug-likeness (QED) is 0.778. The number of aromatic nitrogens is 4. The second kappa shape index (κ2) is 4.80. The van der Waals surface area contributed by atoms with Crippen LogP contribution in [0.3, 0.4) is 0 Å². The summed E-state index contributed by atoms with van der Waals surface area (Å²) in [5.74, 6) is 0.821. The highest BCUT2D eigenvalue weighted by Gasteiger charge is 2.09. The SMILES string of the molecule is CCCc1cc(-c2ccnc3[nH]ccc23)nc(C)n1. The molecule has 0 unspecified atom stereocenters. The molecule has 0 fully saturated rings. The molecular weight excluding hydrogens is 236 g/mol. The van der Waals surface area contributed by atoms with Crippen molar-refractivity contribution < 1.29 is 0 Å². The predicted molar refractivity (Wildman–Crippen MR) is 75.9 cm³/mol. The third-order valence-electron chi connectivity index (χ3n) is 3.13. The van der Waals surface area contributed by atoms with E-state index in [0.29, 0.717) is 0 Å². The molecule has 96 valence electrons. The number of fused-ring (bicyclic) bond motifs is 1. The Kier molecular flexibility index (Phi) is 2.99. The Bertz CT molecular complexity index is 715. The van der Waals surface area contributed by atoms with Gasteiger partial charge in [0.25, 0.3) is 0 Å². The van der Waals surface area contributed by atoms with Crippen molar-refractivity contribution in [3.63, 3.8) is 0 Å². The second-order valence-electron chi connectivity index (χ2n) is 4.64. The van der Waals surface area contributed by atoms with Crippen molar-refractivity contribution in [3.8, 4) is 11.3 Å². The minimum atomic E-state index is 0.821.